The van der Waals surface area contributed by atoms with Gasteiger partial charge in [0.2, 0.25) is 0 Å². The lowest BCUT2D eigenvalue weighted by molar-refractivity contribution is 0.235. The first-order valence-electron chi connectivity index (χ1n) is 7.70. The molecule has 0 bridgehead atoms. The van der Waals surface area contributed by atoms with Crippen molar-refractivity contribution in [2.24, 2.45) is 0 Å². The van der Waals surface area contributed by atoms with Gasteiger partial charge in [0.15, 0.2) is 9.84 Å². The van der Waals surface area contributed by atoms with E-state index in [0.29, 0.717) is 6.42 Å². The Hall–Kier alpha value is -2.08. The first-order chi connectivity index (χ1) is 10.9. The second kappa shape index (κ2) is 6.20. The van der Waals surface area contributed by atoms with Gasteiger partial charge in [0.05, 0.1) is 17.5 Å². The number of nitrogens with one attached hydrogen (secondary N) is 2. The SMILES string of the molecule is CC(NC(=O)NC1CCS(=O)(=O)C1)c1cccc2ccccc12. The Morgan fingerprint density at radius 2 is 1.91 bits per heavy atom. The smallest absolute Gasteiger partial charge is 0.315 e. The Morgan fingerprint density at radius 1 is 1.17 bits per heavy atom. The number of fused-ring (bicyclic) bond motifs is 1. The van der Waals surface area contributed by atoms with Gasteiger partial charge in [0.25, 0.3) is 0 Å². The van der Waals surface area contributed by atoms with Crippen molar-refractivity contribution in [3.05, 3.63) is 48.0 Å². The molecule has 1 fully saturated rings. The molecule has 2 aromatic carbocycles. The second-order valence-corrected chi connectivity index (χ2v) is 8.24. The fourth-order valence-corrected chi connectivity index (χ4v) is 4.71. The fourth-order valence-electron chi connectivity index (χ4n) is 3.04. The van der Waals surface area contributed by atoms with Crippen molar-refractivity contribution < 1.29 is 13.2 Å². The van der Waals surface area contributed by atoms with Crippen LogP contribution in [0.15, 0.2) is 42.5 Å². The minimum absolute atomic E-state index is 0.0308. The molecule has 2 N–H and O–H groups in total. The molecule has 1 saturated heterocycles. The lowest BCUT2D eigenvalue weighted by Crippen LogP contribution is -2.43. The van der Waals surface area contributed by atoms with Crippen molar-refractivity contribution in [2.75, 3.05) is 11.5 Å². The summed E-state index contributed by atoms with van der Waals surface area (Å²) in [5.41, 5.74) is 1.04. The quantitative estimate of drug-likeness (QED) is 0.906. The van der Waals surface area contributed by atoms with Crippen molar-refractivity contribution >= 4 is 26.6 Å². The molecule has 2 atom stereocenters. The highest BCUT2D eigenvalue weighted by atomic mass is 32.2. The lowest BCUT2D eigenvalue weighted by Gasteiger charge is -2.19. The number of urea groups is 1. The molecule has 122 valence electrons. The van der Waals surface area contributed by atoms with Crippen molar-refractivity contribution in [1.29, 1.82) is 0 Å². The summed E-state index contributed by atoms with van der Waals surface area (Å²) in [6, 6.07) is 13.2. The number of hydrogen-bond acceptors (Lipinski definition) is 3. The van der Waals surface area contributed by atoms with Crippen LogP contribution >= 0.6 is 0 Å². The number of carbonyl (C=O) groups is 1. The van der Waals surface area contributed by atoms with Gasteiger partial charge in [-0.1, -0.05) is 42.5 Å². The number of benzene rings is 2. The molecule has 3 rings (SSSR count). The van der Waals surface area contributed by atoms with E-state index >= 15 is 0 Å². The summed E-state index contributed by atoms with van der Waals surface area (Å²) < 4.78 is 22.9. The number of rotatable bonds is 3. The number of sulfone groups is 1. The molecule has 2 unspecified atom stereocenters. The van der Waals surface area contributed by atoms with E-state index < -0.39 is 9.84 Å². The van der Waals surface area contributed by atoms with E-state index in [9.17, 15) is 13.2 Å². The van der Waals surface area contributed by atoms with Crippen LogP contribution in [0, 0.1) is 0 Å². The van der Waals surface area contributed by atoms with Gasteiger partial charge in [-0.05, 0) is 29.7 Å². The molecule has 6 heteroatoms. The van der Waals surface area contributed by atoms with Crippen LogP contribution in [0.5, 0.6) is 0 Å². The van der Waals surface area contributed by atoms with Crippen LogP contribution < -0.4 is 10.6 Å². The van der Waals surface area contributed by atoms with Gasteiger partial charge in [-0.25, -0.2) is 13.2 Å². The maximum atomic E-state index is 12.1. The molecule has 2 amide bonds. The zero-order valence-corrected chi connectivity index (χ0v) is 13.8. The molecule has 23 heavy (non-hydrogen) atoms. The monoisotopic (exact) mass is 332 g/mol. The van der Waals surface area contributed by atoms with E-state index in [2.05, 4.69) is 10.6 Å². The molecule has 5 nitrogen and oxygen atoms in total. The maximum Gasteiger partial charge on any atom is 0.315 e. The molecule has 0 spiro atoms. The highest BCUT2D eigenvalue weighted by Crippen LogP contribution is 2.24. The molecule has 1 aliphatic heterocycles. The molecule has 0 radical (unpaired) electrons. The van der Waals surface area contributed by atoms with Crippen LogP contribution in [0.2, 0.25) is 0 Å². The van der Waals surface area contributed by atoms with Gasteiger partial charge >= 0.3 is 6.03 Å². The minimum Gasteiger partial charge on any atom is -0.334 e. The molecule has 0 saturated carbocycles. The van der Waals surface area contributed by atoms with Gasteiger partial charge < -0.3 is 10.6 Å². The van der Waals surface area contributed by atoms with Crippen LogP contribution in [0.3, 0.4) is 0 Å². The Bertz CT molecular complexity index is 827. The molecule has 2 aromatic rings. The maximum absolute atomic E-state index is 12.1. The van der Waals surface area contributed by atoms with Crippen molar-refractivity contribution in [3.8, 4) is 0 Å². The van der Waals surface area contributed by atoms with Crippen LogP contribution in [-0.4, -0.2) is 32.0 Å². The van der Waals surface area contributed by atoms with Gasteiger partial charge in [-0.3, -0.25) is 0 Å². The van der Waals surface area contributed by atoms with Crippen molar-refractivity contribution in [2.45, 2.75) is 25.4 Å². The lowest BCUT2D eigenvalue weighted by atomic mass is 10.00. The number of amides is 2. The summed E-state index contributed by atoms with van der Waals surface area (Å²) in [6.45, 7) is 1.92. The second-order valence-electron chi connectivity index (χ2n) is 6.01. The Morgan fingerprint density at radius 3 is 2.65 bits per heavy atom. The van der Waals surface area contributed by atoms with E-state index in [1.807, 2.05) is 49.4 Å². The molecule has 0 aliphatic carbocycles. The molecule has 1 heterocycles. The standard InChI is InChI=1S/C17H20N2O3S/c1-12(15-8-4-6-13-5-2-3-7-16(13)15)18-17(20)19-14-9-10-23(21,22)11-14/h2-8,12,14H,9-11H2,1H3,(H2,18,19,20). The average molecular weight is 332 g/mol. The van der Waals surface area contributed by atoms with Gasteiger partial charge in [0.1, 0.15) is 0 Å². The summed E-state index contributed by atoms with van der Waals surface area (Å²) in [7, 11) is -2.99. The molecular weight excluding hydrogens is 312 g/mol. The number of carbonyl (C=O) groups excluding carboxylic acids is 1. The van der Waals surface area contributed by atoms with E-state index in [-0.39, 0.29) is 29.6 Å². The van der Waals surface area contributed by atoms with Crippen LogP contribution in [0.1, 0.15) is 24.9 Å². The normalized spacial score (nSPS) is 21.0. The third-order valence-corrected chi connectivity index (χ3v) is 5.97. The number of hydrogen-bond donors (Lipinski definition) is 2. The predicted molar refractivity (Wildman–Crippen MR) is 91.1 cm³/mol. The Labute approximate surface area is 136 Å². The highest BCUT2D eigenvalue weighted by Gasteiger charge is 2.29. The summed E-state index contributed by atoms with van der Waals surface area (Å²) in [5, 5.41) is 7.88. The van der Waals surface area contributed by atoms with Crippen molar-refractivity contribution in [1.82, 2.24) is 10.6 Å². The van der Waals surface area contributed by atoms with E-state index in [0.717, 1.165) is 16.3 Å². The van der Waals surface area contributed by atoms with Crippen molar-refractivity contribution in [3.63, 3.8) is 0 Å². The Balaban J connectivity index is 1.68. The fraction of sp³-hybridized carbons (Fsp3) is 0.353. The molecule has 1 aliphatic rings. The van der Waals surface area contributed by atoms with E-state index in [1.165, 1.54) is 0 Å². The zero-order valence-electron chi connectivity index (χ0n) is 13.0. The van der Waals surface area contributed by atoms with Gasteiger partial charge in [-0.2, -0.15) is 0 Å². The third-order valence-electron chi connectivity index (χ3n) is 4.21. The van der Waals surface area contributed by atoms with Crippen LogP contribution in [0.4, 0.5) is 4.79 Å². The molecular formula is C17H20N2O3S. The summed E-state index contributed by atoms with van der Waals surface area (Å²) in [6.07, 6.45) is 0.485. The highest BCUT2D eigenvalue weighted by molar-refractivity contribution is 7.91. The van der Waals surface area contributed by atoms with Crippen LogP contribution in [-0.2, 0) is 9.84 Å². The van der Waals surface area contributed by atoms with Gasteiger partial charge in [-0.15, -0.1) is 0 Å². The third kappa shape index (κ3) is 3.64. The molecule has 0 aromatic heterocycles. The Kier molecular flexibility index (Phi) is 4.26. The largest absolute Gasteiger partial charge is 0.334 e. The first-order valence-corrected chi connectivity index (χ1v) is 9.52. The predicted octanol–water partition coefficient (Wildman–Crippen LogP) is 2.39. The van der Waals surface area contributed by atoms with E-state index in [4.69, 9.17) is 0 Å². The summed E-state index contributed by atoms with van der Waals surface area (Å²) in [5.74, 6) is 0.180. The minimum atomic E-state index is -2.99. The average Bonchev–Trinajstić information content (AvgIpc) is 2.85. The van der Waals surface area contributed by atoms with E-state index in [1.54, 1.807) is 0 Å². The van der Waals surface area contributed by atoms with Crippen LogP contribution in [0.25, 0.3) is 10.8 Å². The zero-order chi connectivity index (χ0) is 16.4. The first kappa shape index (κ1) is 15.8. The topological polar surface area (TPSA) is 75.3 Å². The summed E-state index contributed by atoms with van der Waals surface area (Å²) >= 11 is 0. The summed E-state index contributed by atoms with van der Waals surface area (Å²) in [4.78, 5) is 12.1. The van der Waals surface area contributed by atoms with Gasteiger partial charge in [0, 0.05) is 6.04 Å².